The third-order valence-electron chi connectivity index (χ3n) is 10.2. The highest BCUT2D eigenvalue weighted by Gasteiger charge is 2.84. The second-order valence-electron chi connectivity index (χ2n) is 10.4. The smallest absolute Gasteiger partial charge is 0.330 e. The van der Waals surface area contributed by atoms with E-state index in [-0.39, 0.29) is 5.92 Å². The van der Waals surface area contributed by atoms with Crippen LogP contribution in [-0.2, 0) is 9.59 Å². The first-order valence-electron chi connectivity index (χ1n) is 10.6. The number of carbonyl (C=O) groups is 2. The second kappa shape index (κ2) is 4.56. The lowest BCUT2D eigenvalue weighted by Crippen LogP contribution is -2.58. The summed E-state index contributed by atoms with van der Waals surface area (Å²) < 4.78 is 0. The SMILES string of the molecule is CC(=CC12CC(C3C4CCC(C4)C31)C1C3CCC(C3)C12C(=O)O)C(=O)O. The molecule has 26 heavy (non-hydrogen) atoms. The molecule has 6 fully saturated rings. The van der Waals surface area contributed by atoms with Gasteiger partial charge in [-0.1, -0.05) is 6.08 Å². The van der Waals surface area contributed by atoms with Crippen LogP contribution in [0.1, 0.15) is 51.9 Å². The Morgan fingerprint density at radius 1 is 0.962 bits per heavy atom. The van der Waals surface area contributed by atoms with E-state index in [9.17, 15) is 19.8 Å². The number of fused-ring (bicyclic) bond motifs is 16. The number of allylic oxidation sites excluding steroid dienone is 1. The normalized spacial score (nSPS) is 58.3. The minimum atomic E-state index is -0.880. The maximum atomic E-state index is 13.0. The number of hydrogen-bond donors (Lipinski definition) is 2. The van der Waals surface area contributed by atoms with E-state index in [1.165, 1.54) is 25.7 Å². The van der Waals surface area contributed by atoms with Gasteiger partial charge in [-0.2, -0.15) is 0 Å². The van der Waals surface area contributed by atoms with E-state index < -0.39 is 22.8 Å². The van der Waals surface area contributed by atoms with Gasteiger partial charge in [0, 0.05) is 11.0 Å². The van der Waals surface area contributed by atoms with Gasteiger partial charge in [-0.3, -0.25) is 4.79 Å². The van der Waals surface area contributed by atoms with Crippen LogP contribution in [0.3, 0.4) is 0 Å². The molecule has 6 aliphatic carbocycles. The first kappa shape index (κ1) is 15.7. The van der Waals surface area contributed by atoms with E-state index in [1.807, 2.05) is 6.08 Å². The lowest BCUT2D eigenvalue weighted by Gasteiger charge is -2.56. The fourth-order valence-electron chi connectivity index (χ4n) is 10.2. The van der Waals surface area contributed by atoms with Gasteiger partial charge in [0.25, 0.3) is 0 Å². The fourth-order valence-corrected chi connectivity index (χ4v) is 10.2. The molecule has 0 saturated heterocycles. The third-order valence-corrected chi connectivity index (χ3v) is 10.2. The summed E-state index contributed by atoms with van der Waals surface area (Å²) >= 11 is 0. The molecule has 0 radical (unpaired) electrons. The summed E-state index contributed by atoms with van der Waals surface area (Å²) in [6.07, 6.45) is 10.1. The van der Waals surface area contributed by atoms with Gasteiger partial charge < -0.3 is 10.2 Å². The van der Waals surface area contributed by atoms with Crippen LogP contribution in [0.15, 0.2) is 11.6 Å². The van der Waals surface area contributed by atoms with Crippen molar-refractivity contribution in [2.24, 2.45) is 58.2 Å². The largest absolute Gasteiger partial charge is 0.481 e. The number of carboxylic acid groups (broad SMARTS) is 2. The summed E-state index contributed by atoms with van der Waals surface area (Å²) in [5.41, 5.74) is -0.708. The molecule has 6 bridgehead atoms. The number of hydrogen-bond acceptors (Lipinski definition) is 2. The van der Waals surface area contributed by atoms with E-state index in [0.29, 0.717) is 41.1 Å². The zero-order chi connectivity index (χ0) is 18.0. The third kappa shape index (κ3) is 1.39. The molecule has 10 atom stereocenters. The van der Waals surface area contributed by atoms with Crippen molar-refractivity contribution in [1.29, 1.82) is 0 Å². The van der Waals surface area contributed by atoms with Gasteiger partial charge >= 0.3 is 11.9 Å². The van der Waals surface area contributed by atoms with Crippen LogP contribution in [0, 0.1) is 58.2 Å². The molecular weight excluding hydrogens is 328 g/mol. The predicted octanol–water partition coefficient (Wildman–Crippen LogP) is 3.82. The van der Waals surface area contributed by atoms with Crippen LogP contribution < -0.4 is 0 Å². The van der Waals surface area contributed by atoms with Gasteiger partial charge in [0.2, 0.25) is 0 Å². The average molecular weight is 356 g/mol. The molecule has 0 aromatic heterocycles. The van der Waals surface area contributed by atoms with Crippen molar-refractivity contribution in [3.8, 4) is 0 Å². The quantitative estimate of drug-likeness (QED) is 0.595. The van der Waals surface area contributed by atoms with Crippen LogP contribution in [0.25, 0.3) is 0 Å². The monoisotopic (exact) mass is 356 g/mol. The lowest BCUT2D eigenvalue weighted by atomic mass is 9.46. The van der Waals surface area contributed by atoms with E-state index in [0.717, 1.165) is 25.2 Å². The van der Waals surface area contributed by atoms with E-state index >= 15 is 0 Å². The van der Waals surface area contributed by atoms with E-state index in [1.54, 1.807) is 6.92 Å². The highest BCUT2D eigenvalue weighted by molar-refractivity contribution is 5.87. The molecular formula is C22H28O4. The number of rotatable bonds is 3. The molecule has 6 aliphatic rings. The molecule has 0 spiro atoms. The highest BCUT2D eigenvalue weighted by atomic mass is 16.4. The molecule has 4 nitrogen and oxygen atoms in total. The van der Waals surface area contributed by atoms with Crippen LogP contribution in [-0.4, -0.2) is 22.2 Å². The summed E-state index contributed by atoms with van der Waals surface area (Å²) in [5.74, 6) is 2.68. The Kier molecular flexibility index (Phi) is 2.76. The first-order chi connectivity index (χ1) is 12.4. The Bertz CT molecular complexity index is 755. The molecule has 10 unspecified atom stereocenters. The van der Waals surface area contributed by atoms with Crippen molar-refractivity contribution in [2.75, 3.05) is 0 Å². The minimum Gasteiger partial charge on any atom is -0.481 e. The van der Waals surface area contributed by atoms with Crippen molar-refractivity contribution in [2.45, 2.75) is 51.9 Å². The highest BCUT2D eigenvalue weighted by Crippen LogP contribution is 2.86. The Labute approximate surface area is 154 Å². The van der Waals surface area contributed by atoms with Gasteiger partial charge in [0.15, 0.2) is 0 Å². The van der Waals surface area contributed by atoms with Gasteiger partial charge in [-0.25, -0.2) is 4.79 Å². The topological polar surface area (TPSA) is 74.6 Å². The Hall–Kier alpha value is -1.32. The maximum Gasteiger partial charge on any atom is 0.330 e. The summed E-state index contributed by atoms with van der Waals surface area (Å²) in [7, 11) is 0. The van der Waals surface area contributed by atoms with Crippen LogP contribution >= 0.6 is 0 Å². The van der Waals surface area contributed by atoms with Crippen molar-refractivity contribution in [3.63, 3.8) is 0 Å². The molecule has 0 aromatic rings. The molecule has 0 aromatic carbocycles. The zero-order valence-electron chi connectivity index (χ0n) is 15.4. The molecule has 2 N–H and O–H groups in total. The van der Waals surface area contributed by atoms with Crippen LogP contribution in [0.5, 0.6) is 0 Å². The molecule has 0 aliphatic heterocycles. The Morgan fingerprint density at radius 3 is 2.38 bits per heavy atom. The zero-order valence-corrected chi connectivity index (χ0v) is 15.4. The van der Waals surface area contributed by atoms with E-state index in [2.05, 4.69) is 0 Å². The summed E-state index contributed by atoms with van der Waals surface area (Å²) in [5, 5.41) is 20.3. The summed E-state index contributed by atoms with van der Waals surface area (Å²) in [6, 6.07) is 0. The first-order valence-corrected chi connectivity index (χ1v) is 10.6. The fraction of sp³-hybridized carbons (Fsp3) is 0.818. The molecule has 0 amide bonds. The molecule has 4 heteroatoms. The average Bonchev–Trinajstić information content (AvgIpc) is 3.37. The maximum absolute atomic E-state index is 13.0. The van der Waals surface area contributed by atoms with Crippen LogP contribution in [0.4, 0.5) is 0 Å². The van der Waals surface area contributed by atoms with Crippen molar-refractivity contribution in [1.82, 2.24) is 0 Å². The van der Waals surface area contributed by atoms with Crippen molar-refractivity contribution >= 4 is 11.9 Å². The van der Waals surface area contributed by atoms with Crippen molar-refractivity contribution < 1.29 is 19.8 Å². The molecule has 0 heterocycles. The van der Waals surface area contributed by atoms with E-state index in [4.69, 9.17) is 0 Å². The van der Waals surface area contributed by atoms with Crippen molar-refractivity contribution in [3.05, 3.63) is 11.6 Å². The lowest BCUT2D eigenvalue weighted by molar-refractivity contribution is -0.176. The standard InChI is InChI=1S/C22H28O4/c1-10(19(23)24)8-21-9-15(16-11-2-3-12(6-11)18(16)21)17-13-4-5-14(7-13)22(17,21)20(25)26/h8,11-18H,2-7,9H2,1H3,(H,23,24)(H,25,26). The van der Waals surface area contributed by atoms with Gasteiger partial charge in [0.1, 0.15) is 0 Å². The molecule has 6 rings (SSSR count). The molecule has 140 valence electrons. The minimum absolute atomic E-state index is 0.262. The summed E-state index contributed by atoms with van der Waals surface area (Å²) in [4.78, 5) is 24.7. The second-order valence-corrected chi connectivity index (χ2v) is 10.4. The molecule has 6 saturated carbocycles. The number of aliphatic carboxylic acids is 2. The Morgan fingerprint density at radius 2 is 1.65 bits per heavy atom. The van der Waals surface area contributed by atoms with Gasteiger partial charge in [0.05, 0.1) is 5.41 Å². The van der Waals surface area contributed by atoms with Gasteiger partial charge in [-0.05, 0) is 99.2 Å². The predicted molar refractivity (Wildman–Crippen MR) is 94.1 cm³/mol. The number of carboxylic acids is 2. The van der Waals surface area contributed by atoms with Gasteiger partial charge in [-0.15, -0.1) is 0 Å². The van der Waals surface area contributed by atoms with Crippen LogP contribution in [0.2, 0.25) is 0 Å². The Balaban J connectivity index is 1.61. The summed E-state index contributed by atoms with van der Waals surface area (Å²) in [6.45, 7) is 1.68.